The first-order chi connectivity index (χ1) is 12.0. The maximum absolute atomic E-state index is 12.8. The van der Waals surface area contributed by atoms with Crippen LogP contribution in [-0.2, 0) is 14.8 Å². The molecule has 0 radical (unpaired) electrons. The normalized spacial score (nSPS) is 21.6. The van der Waals surface area contributed by atoms with E-state index in [0.717, 1.165) is 24.4 Å². The van der Waals surface area contributed by atoms with Gasteiger partial charge in [0.05, 0.1) is 5.25 Å². The van der Waals surface area contributed by atoms with Crippen molar-refractivity contribution in [2.24, 2.45) is 0 Å². The third kappa shape index (κ3) is 4.48. The van der Waals surface area contributed by atoms with E-state index < -0.39 is 10.0 Å². The van der Waals surface area contributed by atoms with Gasteiger partial charge in [-0.15, -0.1) is 0 Å². The van der Waals surface area contributed by atoms with Gasteiger partial charge in [0.2, 0.25) is 10.0 Å². The van der Waals surface area contributed by atoms with Crippen LogP contribution in [0.1, 0.15) is 51.1 Å². The lowest BCUT2D eigenvalue weighted by Crippen LogP contribution is -2.47. The maximum atomic E-state index is 12.8. The van der Waals surface area contributed by atoms with Crippen molar-refractivity contribution in [3.05, 3.63) is 18.1 Å². The summed E-state index contributed by atoms with van der Waals surface area (Å²) < 4.78 is 32.5. The maximum Gasteiger partial charge on any atom is 0.217 e. The van der Waals surface area contributed by atoms with E-state index in [1.807, 2.05) is 6.07 Å². The van der Waals surface area contributed by atoms with E-state index in [1.54, 1.807) is 10.6 Å². The number of ether oxygens (including phenoxy) is 1. The molecule has 8 heteroatoms. The minimum atomic E-state index is -3.20. The SMILES string of the molecule is CC(C)c1cc(NC2CCN(S(=O)(=O)C3CCOCC3)CC2)ncn1. The average molecular weight is 369 g/mol. The molecule has 2 aliphatic heterocycles. The van der Waals surface area contributed by atoms with Crippen molar-refractivity contribution in [2.45, 2.75) is 56.7 Å². The van der Waals surface area contributed by atoms with Crippen molar-refractivity contribution in [3.63, 3.8) is 0 Å². The lowest BCUT2D eigenvalue weighted by molar-refractivity contribution is 0.0969. The number of anilines is 1. The topological polar surface area (TPSA) is 84.4 Å². The fourth-order valence-corrected chi connectivity index (χ4v) is 5.34. The van der Waals surface area contributed by atoms with Crippen LogP contribution in [0.25, 0.3) is 0 Å². The molecule has 25 heavy (non-hydrogen) atoms. The Morgan fingerprint density at radius 1 is 1.16 bits per heavy atom. The van der Waals surface area contributed by atoms with Crippen molar-refractivity contribution in [3.8, 4) is 0 Å². The summed E-state index contributed by atoms with van der Waals surface area (Å²) in [5.41, 5.74) is 1.01. The zero-order valence-electron chi connectivity index (χ0n) is 15.0. The molecule has 0 amide bonds. The predicted octanol–water partition coefficient (Wildman–Crippen LogP) is 1.99. The third-order valence-corrected chi connectivity index (χ3v) is 7.43. The van der Waals surface area contributed by atoms with E-state index in [1.165, 1.54) is 0 Å². The van der Waals surface area contributed by atoms with Gasteiger partial charge in [0.25, 0.3) is 0 Å². The quantitative estimate of drug-likeness (QED) is 0.855. The molecule has 2 saturated heterocycles. The largest absolute Gasteiger partial charge is 0.381 e. The van der Waals surface area contributed by atoms with Gasteiger partial charge in [-0.2, -0.15) is 0 Å². The molecule has 3 rings (SSSR count). The highest BCUT2D eigenvalue weighted by atomic mass is 32.2. The van der Waals surface area contributed by atoms with Gasteiger partial charge in [0.15, 0.2) is 0 Å². The van der Waals surface area contributed by atoms with Gasteiger partial charge in [0, 0.05) is 44.1 Å². The van der Waals surface area contributed by atoms with Crippen LogP contribution < -0.4 is 5.32 Å². The Balaban J connectivity index is 1.56. The number of aromatic nitrogens is 2. The fraction of sp³-hybridized carbons (Fsp3) is 0.765. The zero-order valence-corrected chi connectivity index (χ0v) is 15.8. The Labute approximate surface area is 150 Å². The number of rotatable bonds is 5. The first-order valence-electron chi connectivity index (χ1n) is 9.12. The summed E-state index contributed by atoms with van der Waals surface area (Å²) >= 11 is 0. The third-order valence-electron chi connectivity index (χ3n) is 5.04. The molecule has 3 heterocycles. The molecule has 0 bridgehead atoms. The first kappa shape index (κ1) is 18.5. The summed E-state index contributed by atoms with van der Waals surface area (Å²) in [6.45, 7) is 6.44. The van der Waals surface area contributed by atoms with Gasteiger partial charge in [-0.3, -0.25) is 0 Å². The van der Waals surface area contributed by atoms with Crippen molar-refractivity contribution in [1.29, 1.82) is 0 Å². The highest BCUT2D eigenvalue weighted by Crippen LogP contribution is 2.24. The van der Waals surface area contributed by atoms with Gasteiger partial charge >= 0.3 is 0 Å². The monoisotopic (exact) mass is 368 g/mol. The minimum Gasteiger partial charge on any atom is -0.381 e. The molecular weight excluding hydrogens is 340 g/mol. The van der Waals surface area contributed by atoms with Crippen LogP contribution in [0.5, 0.6) is 0 Å². The number of hydrogen-bond donors (Lipinski definition) is 1. The second-order valence-corrected chi connectivity index (χ2v) is 9.37. The van der Waals surface area contributed by atoms with Gasteiger partial charge in [-0.1, -0.05) is 13.8 Å². The van der Waals surface area contributed by atoms with E-state index in [4.69, 9.17) is 4.74 Å². The van der Waals surface area contributed by atoms with Crippen LogP contribution in [0.2, 0.25) is 0 Å². The van der Waals surface area contributed by atoms with Crippen LogP contribution in [0.4, 0.5) is 5.82 Å². The Hall–Kier alpha value is -1.25. The molecule has 2 aliphatic rings. The van der Waals surface area contributed by atoms with Crippen molar-refractivity contribution >= 4 is 15.8 Å². The number of hydrogen-bond acceptors (Lipinski definition) is 6. The summed E-state index contributed by atoms with van der Waals surface area (Å²) in [4.78, 5) is 8.57. The van der Waals surface area contributed by atoms with E-state index in [0.29, 0.717) is 45.1 Å². The van der Waals surface area contributed by atoms with E-state index >= 15 is 0 Å². The molecule has 0 aromatic carbocycles. The Morgan fingerprint density at radius 2 is 1.84 bits per heavy atom. The smallest absolute Gasteiger partial charge is 0.217 e. The molecule has 7 nitrogen and oxygen atoms in total. The van der Waals surface area contributed by atoms with Crippen molar-refractivity contribution in [1.82, 2.24) is 14.3 Å². The van der Waals surface area contributed by atoms with Gasteiger partial charge in [-0.05, 0) is 31.6 Å². The molecule has 0 unspecified atom stereocenters. The number of sulfonamides is 1. The van der Waals surface area contributed by atoms with Crippen LogP contribution in [0, 0.1) is 0 Å². The van der Waals surface area contributed by atoms with Crippen LogP contribution in [-0.4, -0.2) is 60.3 Å². The zero-order chi connectivity index (χ0) is 17.9. The molecule has 0 aliphatic carbocycles. The Morgan fingerprint density at radius 3 is 2.48 bits per heavy atom. The molecule has 2 fully saturated rings. The number of nitrogens with zero attached hydrogens (tertiary/aromatic N) is 3. The highest BCUT2D eigenvalue weighted by molar-refractivity contribution is 7.89. The lowest BCUT2D eigenvalue weighted by atomic mass is 10.1. The first-order valence-corrected chi connectivity index (χ1v) is 10.6. The molecule has 1 N–H and O–H groups in total. The number of nitrogens with one attached hydrogen (secondary N) is 1. The molecule has 0 atom stereocenters. The predicted molar refractivity (Wildman–Crippen MR) is 97.1 cm³/mol. The van der Waals surface area contributed by atoms with Gasteiger partial charge < -0.3 is 10.1 Å². The second kappa shape index (κ2) is 7.97. The van der Waals surface area contributed by atoms with Crippen molar-refractivity contribution < 1.29 is 13.2 Å². The van der Waals surface area contributed by atoms with Crippen LogP contribution in [0.15, 0.2) is 12.4 Å². The summed E-state index contributed by atoms with van der Waals surface area (Å²) in [5.74, 6) is 1.18. The average Bonchev–Trinajstić information content (AvgIpc) is 2.63. The molecule has 0 spiro atoms. The Kier molecular flexibility index (Phi) is 5.91. The minimum absolute atomic E-state index is 0.246. The molecule has 140 valence electrons. The van der Waals surface area contributed by atoms with E-state index in [2.05, 4.69) is 29.1 Å². The van der Waals surface area contributed by atoms with Gasteiger partial charge in [-0.25, -0.2) is 22.7 Å². The molecular formula is C17H28N4O3S. The summed E-state index contributed by atoms with van der Waals surface area (Å²) in [5, 5.41) is 3.16. The Bertz CT molecular complexity index is 666. The van der Waals surface area contributed by atoms with Crippen LogP contribution >= 0.6 is 0 Å². The molecule has 1 aromatic heterocycles. The fourth-order valence-electron chi connectivity index (χ4n) is 3.42. The summed E-state index contributed by atoms with van der Waals surface area (Å²) in [6.07, 6.45) is 4.40. The highest BCUT2D eigenvalue weighted by Gasteiger charge is 2.35. The summed E-state index contributed by atoms with van der Waals surface area (Å²) in [7, 11) is -3.20. The standard InChI is InChI=1S/C17H28N4O3S/c1-13(2)16-11-17(19-12-18-16)20-14-3-7-21(8-4-14)25(22,23)15-5-9-24-10-6-15/h11-15H,3-10H2,1-2H3,(H,18,19,20). The van der Waals surface area contributed by atoms with Crippen LogP contribution in [0.3, 0.4) is 0 Å². The second-order valence-electron chi connectivity index (χ2n) is 7.16. The van der Waals surface area contributed by atoms with Crippen molar-refractivity contribution in [2.75, 3.05) is 31.6 Å². The van der Waals surface area contributed by atoms with Gasteiger partial charge in [0.1, 0.15) is 12.1 Å². The van der Waals surface area contributed by atoms with E-state index in [-0.39, 0.29) is 11.3 Å². The summed E-state index contributed by atoms with van der Waals surface area (Å²) in [6, 6.07) is 2.23. The lowest BCUT2D eigenvalue weighted by Gasteiger charge is -2.35. The molecule has 1 aromatic rings. The molecule has 0 saturated carbocycles. The number of piperidine rings is 1. The van der Waals surface area contributed by atoms with E-state index in [9.17, 15) is 8.42 Å².